The number of carbonyl (C=O) groups is 1. The van der Waals surface area contributed by atoms with Crippen molar-refractivity contribution < 1.29 is 20.1 Å². The molecule has 0 aromatic carbocycles. The number of nitrogens with one attached hydrogen (secondary N) is 1. The fraction of sp³-hybridized carbons (Fsp3) is 0.857. The maximum Gasteiger partial charge on any atom is 0.317 e. The molecule has 0 aliphatic carbocycles. The van der Waals surface area contributed by atoms with E-state index in [4.69, 9.17) is 15.3 Å². The molecule has 72 valence electrons. The summed E-state index contributed by atoms with van der Waals surface area (Å²) in [6.07, 6.45) is -1.55. The minimum Gasteiger partial charge on any atom is -0.480 e. The van der Waals surface area contributed by atoms with E-state index in [1.165, 1.54) is 13.8 Å². The number of aliphatic hydroxyl groups excluding tert-OH is 2. The molecule has 2 unspecified atom stereocenters. The third-order valence-electron chi connectivity index (χ3n) is 1.53. The van der Waals surface area contributed by atoms with Gasteiger partial charge in [-0.15, -0.1) is 0 Å². The van der Waals surface area contributed by atoms with Crippen molar-refractivity contribution >= 4 is 5.97 Å². The highest BCUT2D eigenvalue weighted by molar-refractivity contribution is 5.69. The van der Waals surface area contributed by atoms with Crippen LogP contribution in [0.2, 0.25) is 0 Å². The highest BCUT2D eigenvalue weighted by Gasteiger charge is 2.20. The molecule has 0 radical (unpaired) electrons. The normalized spacial score (nSPS) is 18.3. The number of hydrogen-bond acceptors (Lipinski definition) is 4. The van der Waals surface area contributed by atoms with Crippen molar-refractivity contribution in [3.8, 4) is 0 Å². The first-order valence-electron chi connectivity index (χ1n) is 3.76. The fourth-order valence-corrected chi connectivity index (χ4v) is 0.949. The summed E-state index contributed by atoms with van der Waals surface area (Å²) in [6.45, 7) is 2.72. The smallest absolute Gasteiger partial charge is 0.317 e. The van der Waals surface area contributed by atoms with Gasteiger partial charge in [-0.05, 0) is 13.8 Å². The molecule has 4 N–H and O–H groups in total. The van der Waals surface area contributed by atoms with Gasteiger partial charge in [-0.25, -0.2) is 0 Å². The van der Waals surface area contributed by atoms with E-state index >= 15 is 0 Å². The Bertz CT molecular complexity index is 138. The predicted octanol–water partition coefficient (Wildman–Crippen LogP) is -1.21. The van der Waals surface area contributed by atoms with Crippen LogP contribution in [0.25, 0.3) is 0 Å². The molecule has 0 saturated carbocycles. The van der Waals surface area contributed by atoms with Crippen LogP contribution in [-0.4, -0.2) is 46.1 Å². The van der Waals surface area contributed by atoms with Crippen LogP contribution >= 0.6 is 0 Å². The van der Waals surface area contributed by atoms with Crippen LogP contribution in [0.15, 0.2) is 0 Å². The average molecular weight is 177 g/mol. The molecule has 2 atom stereocenters. The van der Waals surface area contributed by atoms with Gasteiger partial charge in [0.05, 0.1) is 24.8 Å². The SMILES string of the molecule is CC(O)C(NCC(=O)O)C(C)O. The summed E-state index contributed by atoms with van der Waals surface area (Å²) in [5.74, 6) is -1.01. The monoisotopic (exact) mass is 177 g/mol. The third-order valence-corrected chi connectivity index (χ3v) is 1.53. The van der Waals surface area contributed by atoms with Crippen molar-refractivity contribution in [1.29, 1.82) is 0 Å². The van der Waals surface area contributed by atoms with Crippen LogP contribution < -0.4 is 5.32 Å². The summed E-state index contributed by atoms with van der Waals surface area (Å²) < 4.78 is 0. The van der Waals surface area contributed by atoms with E-state index in [1.807, 2.05) is 0 Å². The van der Waals surface area contributed by atoms with Gasteiger partial charge in [-0.3, -0.25) is 10.1 Å². The van der Waals surface area contributed by atoms with Gasteiger partial charge in [-0.2, -0.15) is 0 Å². The van der Waals surface area contributed by atoms with Crippen molar-refractivity contribution in [3.63, 3.8) is 0 Å². The first-order chi connectivity index (χ1) is 5.45. The molecule has 0 heterocycles. The first-order valence-corrected chi connectivity index (χ1v) is 3.76. The number of aliphatic carboxylic acids is 1. The lowest BCUT2D eigenvalue weighted by molar-refractivity contribution is -0.136. The molecule has 0 saturated heterocycles. The Labute approximate surface area is 71.0 Å². The molecule has 0 rings (SSSR count). The molecule has 0 amide bonds. The molecule has 0 aromatic heterocycles. The molecule has 12 heavy (non-hydrogen) atoms. The van der Waals surface area contributed by atoms with Crippen LogP contribution in [0.4, 0.5) is 0 Å². The van der Waals surface area contributed by atoms with Crippen molar-refractivity contribution in [2.24, 2.45) is 0 Å². The molecular formula is C7H15NO4. The lowest BCUT2D eigenvalue weighted by Gasteiger charge is -2.23. The van der Waals surface area contributed by atoms with Gasteiger partial charge in [0.25, 0.3) is 0 Å². The summed E-state index contributed by atoms with van der Waals surface area (Å²) in [6, 6.07) is -0.596. The Morgan fingerprint density at radius 2 is 1.75 bits per heavy atom. The maximum atomic E-state index is 10.1. The van der Waals surface area contributed by atoms with Crippen LogP contribution in [0.5, 0.6) is 0 Å². The molecule has 0 aromatic rings. The van der Waals surface area contributed by atoms with Gasteiger partial charge in [0.2, 0.25) is 0 Å². The zero-order valence-corrected chi connectivity index (χ0v) is 7.19. The second-order valence-electron chi connectivity index (χ2n) is 2.78. The number of aliphatic hydroxyl groups is 2. The minimum atomic E-state index is -1.01. The first kappa shape index (κ1) is 11.4. The predicted molar refractivity (Wildman–Crippen MR) is 42.8 cm³/mol. The van der Waals surface area contributed by atoms with Gasteiger partial charge in [0.15, 0.2) is 0 Å². The van der Waals surface area contributed by atoms with Gasteiger partial charge in [-0.1, -0.05) is 0 Å². The Morgan fingerprint density at radius 1 is 1.33 bits per heavy atom. The minimum absolute atomic E-state index is 0.263. The Morgan fingerprint density at radius 3 is 2.00 bits per heavy atom. The van der Waals surface area contributed by atoms with Crippen molar-refractivity contribution in [2.75, 3.05) is 6.54 Å². The molecule has 0 spiro atoms. The van der Waals surface area contributed by atoms with E-state index < -0.39 is 24.2 Å². The van der Waals surface area contributed by atoms with Crippen molar-refractivity contribution in [1.82, 2.24) is 5.32 Å². The summed E-state index contributed by atoms with van der Waals surface area (Å²) in [7, 11) is 0. The van der Waals surface area contributed by atoms with Gasteiger partial charge in [0.1, 0.15) is 0 Å². The molecule has 0 aliphatic rings. The zero-order valence-electron chi connectivity index (χ0n) is 7.19. The standard InChI is InChI=1S/C7H15NO4/c1-4(9)7(5(2)10)8-3-6(11)12/h4-5,7-10H,3H2,1-2H3,(H,11,12). The molecule has 5 nitrogen and oxygen atoms in total. The van der Waals surface area contributed by atoms with Gasteiger partial charge >= 0.3 is 5.97 Å². The second kappa shape index (κ2) is 5.08. The fourth-order valence-electron chi connectivity index (χ4n) is 0.949. The highest BCUT2D eigenvalue weighted by atomic mass is 16.4. The number of carboxylic acid groups (broad SMARTS) is 1. The largest absolute Gasteiger partial charge is 0.480 e. The maximum absolute atomic E-state index is 10.1. The summed E-state index contributed by atoms with van der Waals surface area (Å²) in [5, 5.41) is 29.0. The summed E-state index contributed by atoms with van der Waals surface area (Å²) >= 11 is 0. The molecule has 0 bridgehead atoms. The third kappa shape index (κ3) is 4.27. The van der Waals surface area contributed by atoms with Crippen LogP contribution in [0, 0.1) is 0 Å². The van der Waals surface area contributed by atoms with Gasteiger partial charge in [0, 0.05) is 0 Å². The van der Waals surface area contributed by atoms with Gasteiger partial charge < -0.3 is 15.3 Å². The Hall–Kier alpha value is -0.650. The van der Waals surface area contributed by atoms with E-state index in [0.29, 0.717) is 0 Å². The van der Waals surface area contributed by atoms with Crippen molar-refractivity contribution in [2.45, 2.75) is 32.1 Å². The highest BCUT2D eigenvalue weighted by Crippen LogP contribution is 1.98. The van der Waals surface area contributed by atoms with E-state index in [-0.39, 0.29) is 6.54 Å². The second-order valence-corrected chi connectivity index (χ2v) is 2.78. The number of rotatable bonds is 5. The van der Waals surface area contributed by atoms with Crippen LogP contribution in [-0.2, 0) is 4.79 Å². The Kier molecular flexibility index (Phi) is 4.80. The van der Waals surface area contributed by atoms with E-state index in [0.717, 1.165) is 0 Å². The van der Waals surface area contributed by atoms with Crippen molar-refractivity contribution in [3.05, 3.63) is 0 Å². The lowest BCUT2D eigenvalue weighted by atomic mass is 10.1. The molecule has 5 heteroatoms. The average Bonchev–Trinajstić information content (AvgIpc) is 1.84. The quantitative estimate of drug-likeness (QED) is 0.423. The molecule has 0 fully saturated rings. The topological polar surface area (TPSA) is 89.8 Å². The summed E-state index contributed by atoms with van der Waals surface area (Å²) in [4.78, 5) is 10.1. The Balaban J connectivity index is 3.88. The van der Waals surface area contributed by atoms with Crippen LogP contribution in [0.3, 0.4) is 0 Å². The summed E-state index contributed by atoms with van der Waals surface area (Å²) in [5.41, 5.74) is 0. The molecular weight excluding hydrogens is 162 g/mol. The molecule has 0 aliphatic heterocycles. The number of hydrogen-bond donors (Lipinski definition) is 4. The number of carboxylic acids is 1. The van der Waals surface area contributed by atoms with Crippen LogP contribution in [0.1, 0.15) is 13.8 Å². The van der Waals surface area contributed by atoms with E-state index in [1.54, 1.807) is 0 Å². The lowest BCUT2D eigenvalue weighted by Crippen LogP contribution is -2.47. The zero-order chi connectivity index (χ0) is 9.72. The van der Waals surface area contributed by atoms with E-state index in [2.05, 4.69) is 5.32 Å². The van der Waals surface area contributed by atoms with E-state index in [9.17, 15) is 4.79 Å².